The Bertz CT molecular complexity index is 531. The summed E-state index contributed by atoms with van der Waals surface area (Å²) in [4.78, 5) is 13.6. The lowest BCUT2D eigenvalue weighted by atomic mass is 10.1. The van der Waals surface area contributed by atoms with Crippen LogP contribution in [0.2, 0.25) is 0 Å². The number of amides is 1. The first-order chi connectivity index (χ1) is 11.2. The third kappa shape index (κ3) is 4.36. The van der Waals surface area contributed by atoms with Gasteiger partial charge in [-0.25, -0.2) is 0 Å². The molecule has 2 N–H and O–H groups in total. The molecule has 2 aliphatic rings. The van der Waals surface area contributed by atoms with Crippen molar-refractivity contribution in [2.24, 2.45) is 0 Å². The SMILES string of the molecule is C[C@H](NC(=O)CC[NH+]1CCOCC1)[C@@H]1COc2ccccc2O1. The van der Waals surface area contributed by atoms with Crippen molar-refractivity contribution in [3.05, 3.63) is 24.3 Å². The lowest BCUT2D eigenvalue weighted by molar-refractivity contribution is -0.907. The topological polar surface area (TPSA) is 61.2 Å². The van der Waals surface area contributed by atoms with E-state index in [0.29, 0.717) is 13.0 Å². The van der Waals surface area contributed by atoms with Gasteiger partial charge in [-0.2, -0.15) is 0 Å². The molecule has 2 atom stereocenters. The van der Waals surface area contributed by atoms with Crippen molar-refractivity contribution in [1.82, 2.24) is 5.32 Å². The maximum absolute atomic E-state index is 12.1. The van der Waals surface area contributed by atoms with Crippen molar-refractivity contribution in [2.45, 2.75) is 25.5 Å². The van der Waals surface area contributed by atoms with Gasteiger partial charge in [-0.05, 0) is 19.1 Å². The van der Waals surface area contributed by atoms with Crippen LogP contribution in [0.5, 0.6) is 11.5 Å². The van der Waals surface area contributed by atoms with Gasteiger partial charge < -0.3 is 24.4 Å². The molecule has 1 aromatic rings. The zero-order valence-corrected chi connectivity index (χ0v) is 13.5. The molecule has 0 radical (unpaired) electrons. The number of carbonyl (C=O) groups excluding carboxylic acids is 1. The van der Waals surface area contributed by atoms with Crippen molar-refractivity contribution in [3.63, 3.8) is 0 Å². The number of benzene rings is 1. The third-order valence-electron chi connectivity index (χ3n) is 4.38. The van der Waals surface area contributed by atoms with E-state index in [1.165, 1.54) is 4.90 Å². The molecule has 1 fully saturated rings. The van der Waals surface area contributed by atoms with Crippen LogP contribution in [0, 0.1) is 0 Å². The van der Waals surface area contributed by atoms with E-state index in [4.69, 9.17) is 14.2 Å². The van der Waals surface area contributed by atoms with Gasteiger partial charge >= 0.3 is 0 Å². The Morgan fingerprint density at radius 2 is 2.04 bits per heavy atom. The number of ether oxygens (including phenoxy) is 3. The maximum Gasteiger partial charge on any atom is 0.226 e. The second kappa shape index (κ2) is 7.66. The molecule has 0 unspecified atom stereocenters. The van der Waals surface area contributed by atoms with E-state index in [1.807, 2.05) is 31.2 Å². The standard InChI is InChI=1S/C17H24N2O4/c1-13(16-12-22-14-4-2-3-5-15(14)23-16)18-17(20)6-7-19-8-10-21-11-9-19/h2-5,13,16H,6-12H2,1H3,(H,18,20)/p+1/t13-,16-/m0/s1. The minimum atomic E-state index is -0.162. The second-order valence-corrected chi connectivity index (χ2v) is 6.13. The molecule has 6 nitrogen and oxygen atoms in total. The minimum Gasteiger partial charge on any atom is -0.486 e. The van der Waals surface area contributed by atoms with Gasteiger partial charge in [-0.1, -0.05) is 12.1 Å². The third-order valence-corrected chi connectivity index (χ3v) is 4.38. The van der Waals surface area contributed by atoms with Gasteiger partial charge in [-0.3, -0.25) is 4.79 Å². The summed E-state index contributed by atoms with van der Waals surface area (Å²) >= 11 is 0. The van der Waals surface area contributed by atoms with Gasteiger partial charge in [-0.15, -0.1) is 0 Å². The van der Waals surface area contributed by atoms with Gasteiger partial charge in [0.15, 0.2) is 17.6 Å². The van der Waals surface area contributed by atoms with Gasteiger partial charge in [0.2, 0.25) is 5.91 Å². The molecule has 1 aromatic carbocycles. The molecule has 0 aromatic heterocycles. The van der Waals surface area contributed by atoms with Crippen molar-refractivity contribution in [2.75, 3.05) is 39.5 Å². The molecule has 1 saturated heterocycles. The predicted molar refractivity (Wildman–Crippen MR) is 85.0 cm³/mol. The highest BCUT2D eigenvalue weighted by molar-refractivity contribution is 5.76. The molecule has 0 spiro atoms. The molecule has 0 aliphatic carbocycles. The number of hydrogen-bond donors (Lipinski definition) is 2. The Morgan fingerprint density at radius 1 is 1.30 bits per heavy atom. The van der Waals surface area contributed by atoms with Crippen molar-refractivity contribution >= 4 is 5.91 Å². The Labute approximate surface area is 136 Å². The van der Waals surface area contributed by atoms with Crippen LogP contribution in [0.25, 0.3) is 0 Å². The number of para-hydroxylation sites is 2. The average molecular weight is 321 g/mol. The summed E-state index contributed by atoms with van der Waals surface area (Å²) in [5.74, 6) is 1.57. The molecule has 3 rings (SSSR count). The Morgan fingerprint density at radius 3 is 2.83 bits per heavy atom. The summed E-state index contributed by atoms with van der Waals surface area (Å²) in [6, 6.07) is 7.52. The number of carbonyl (C=O) groups is 1. The summed E-state index contributed by atoms with van der Waals surface area (Å²) in [7, 11) is 0. The maximum atomic E-state index is 12.1. The first-order valence-electron chi connectivity index (χ1n) is 8.31. The van der Waals surface area contributed by atoms with Crippen LogP contribution in [-0.2, 0) is 9.53 Å². The second-order valence-electron chi connectivity index (χ2n) is 6.13. The molecule has 0 saturated carbocycles. The minimum absolute atomic E-state index is 0.0685. The van der Waals surface area contributed by atoms with Crippen LogP contribution < -0.4 is 19.7 Å². The van der Waals surface area contributed by atoms with Crippen molar-refractivity contribution < 1.29 is 23.9 Å². The fraction of sp³-hybridized carbons (Fsp3) is 0.588. The van der Waals surface area contributed by atoms with Crippen LogP contribution in [0.3, 0.4) is 0 Å². The highest BCUT2D eigenvalue weighted by Gasteiger charge is 2.27. The first kappa shape index (κ1) is 16.1. The number of morpholine rings is 1. The lowest BCUT2D eigenvalue weighted by Crippen LogP contribution is -3.14. The van der Waals surface area contributed by atoms with Gasteiger partial charge in [0.05, 0.1) is 32.2 Å². The quantitative estimate of drug-likeness (QED) is 0.777. The zero-order valence-electron chi connectivity index (χ0n) is 13.5. The summed E-state index contributed by atoms with van der Waals surface area (Å²) in [5.41, 5.74) is 0. The number of fused-ring (bicyclic) bond motifs is 1. The molecule has 126 valence electrons. The molecule has 0 bridgehead atoms. The van der Waals surface area contributed by atoms with Crippen LogP contribution >= 0.6 is 0 Å². The van der Waals surface area contributed by atoms with Crippen molar-refractivity contribution in [1.29, 1.82) is 0 Å². The van der Waals surface area contributed by atoms with E-state index in [-0.39, 0.29) is 18.1 Å². The summed E-state index contributed by atoms with van der Waals surface area (Å²) < 4.78 is 17.0. The molecule has 2 aliphatic heterocycles. The van der Waals surface area contributed by atoms with E-state index in [1.54, 1.807) is 0 Å². The van der Waals surface area contributed by atoms with Gasteiger partial charge in [0.1, 0.15) is 19.7 Å². The Kier molecular flexibility index (Phi) is 5.35. The first-order valence-corrected chi connectivity index (χ1v) is 8.31. The van der Waals surface area contributed by atoms with Crippen molar-refractivity contribution in [3.8, 4) is 11.5 Å². The smallest absolute Gasteiger partial charge is 0.226 e. The molecule has 2 heterocycles. The predicted octanol–water partition coefficient (Wildman–Crippen LogP) is -0.364. The number of quaternary nitrogens is 1. The lowest BCUT2D eigenvalue weighted by Gasteiger charge is -2.31. The largest absolute Gasteiger partial charge is 0.486 e. The molecule has 23 heavy (non-hydrogen) atoms. The monoisotopic (exact) mass is 321 g/mol. The number of hydrogen-bond acceptors (Lipinski definition) is 4. The molecule has 1 amide bonds. The number of rotatable bonds is 5. The van der Waals surface area contributed by atoms with E-state index in [2.05, 4.69) is 5.32 Å². The van der Waals surface area contributed by atoms with Crippen LogP contribution in [0.4, 0.5) is 0 Å². The summed E-state index contributed by atoms with van der Waals surface area (Å²) in [6.45, 7) is 6.82. The molecular weight excluding hydrogens is 296 g/mol. The van der Waals surface area contributed by atoms with E-state index >= 15 is 0 Å². The van der Waals surface area contributed by atoms with E-state index in [0.717, 1.165) is 44.3 Å². The fourth-order valence-electron chi connectivity index (χ4n) is 2.90. The fourth-order valence-corrected chi connectivity index (χ4v) is 2.90. The normalized spacial score (nSPS) is 22.4. The molecular formula is C17H25N2O4+. The van der Waals surface area contributed by atoms with E-state index < -0.39 is 0 Å². The summed E-state index contributed by atoms with van der Waals surface area (Å²) in [5, 5.41) is 3.03. The van der Waals surface area contributed by atoms with E-state index in [9.17, 15) is 4.79 Å². The van der Waals surface area contributed by atoms with Crippen LogP contribution in [-0.4, -0.2) is 57.5 Å². The number of nitrogens with one attached hydrogen (secondary N) is 2. The summed E-state index contributed by atoms with van der Waals surface area (Å²) in [6.07, 6.45) is 0.369. The van der Waals surface area contributed by atoms with Crippen LogP contribution in [0.15, 0.2) is 24.3 Å². The highest BCUT2D eigenvalue weighted by atomic mass is 16.6. The zero-order chi connectivity index (χ0) is 16.1. The highest BCUT2D eigenvalue weighted by Crippen LogP contribution is 2.31. The Balaban J connectivity index is 1.43. The Hall–Kier alpha value is -1.79. The van der Waals surface area contributed by atoms with Crippen LogP contribution in [0.1, 0.15) is 13.3 Å². The molecule has 6 heteroatoms. The van der Waals surface area contributed by atoms with Gasteiger partial charge in [0, 0.05) is 0 Å². The average Bonchev–Trinajstić information content (AvgIpc) is 2.60. The van der Waals surface area contributed by atoms with Gasteiger partial charge in [0.25, 0.3) is 0 Å².